The Labute approximate surface area is 185 Å². The van der Waals surface area contributed by atoms with Crippen molar-refractivity contribution in [2.24, 2.45) is 0 Å². The van der Waals surface area contributed by atoms with Crippen molar-refractivity contribution >= 4 is 47.1 Å². The van der Waals surface area contributed by atoms with Crippen molar-refractivity contribution in [3.63, 3.8) is 0 Å². The molecule has 1 aliphatic rings. The van der Waals surface area contributed by atoms with Crippen LogP contribution >= 0.6 is 23.2 Å². The molecule has 0 saturated carbocycles. The Kier molecular flexibility index (Phi) is 11.4. The van der Waals surface area contributed by atoms with Gasteiger partial charge >= 0.3 is 23.9 Å². The minimum Gasteiger partial charge on any atom is -0.463 e. The van der Waals surface area contributed by atoms with Crippen molar-refractivity contribution in [3.05, 3.63) is 0 Å². The minimum atomic E-state index is -1.22. The lowest BCUT2D eigenvalue weighted by atomic mass is 9.96. The normalized spacial score (nSPS) is 26.0. The van der Waals surface area contributed by atoms with E-state index in [9.17, 15) is 19.2 Å². The highest BCUT2D eigenvalue weighted by molar-refractivity contribution is 6.18. The number of esters is 4. The molecule has 0 radical (unpaired) electrons. The van der Waals surface area contributed by atoms with E-state index in [1.54, 1.807) is 4.90 Å². The number of nitrogens with zero attached hydrogens (tertiary/aromatic N) is 1. The number of carbonyl (C=O) groups is 4. The molecule has 0 spiro atoms. The molecule has 0 aromatic carbocycles. The fourth-order valence-corrected chi connectivity index (χ4v) is 3.52. The summed E-state index contributed by atoms with van der Waals surface area (Å²) in [7, 11) is 0. The van der Waals surface area contributed by atoms with Crippen molar-refractivity contribution in [2.45, 2.75) is 58.3 Å². The van der Waals surface area contributed by atoms with Crippen LogP contribution in [-0.2, 0) is 42.9 Å². The van der Waals surface area contributed by atoms with E-state index in [1.807, 2.05) is 0 Å². The molecule has 0 aromatic rings. The number of alkyl halides is 2. The van der Waals surface area contributed by atoms with E-state index in [4.69, 9.17) is 46.9 Å². The zero-order chi connectivity index (χ0) is 22.8. The van der Waals surface area contributed by atoms with Crippen LogP contribution in [-0.4, -0.2) is 90.9 Å². The molecule has 10 nitrogen and oxygen atoms in total. The maximum absolute atomic E-state index is 11.8. The van der Waals surface area contributed by atoms with Crippen molar-refractivity contribution in [3.8, 4) is 0 Å². The van der Waals surface area contributed by atoms with E-state index in [0.29, 0.717) is 13.1 Å². The molecule has 5 atom stereocenters. The van der Waals surface area contributed by atoms with Gasteiger partial charge in [0.2, 0.25) is 0 Å². The van der Waals surface area contributed by atoms with Crippen molar-refractivity contribution < 1.29 is 42.9 Å². The highest BCUT2D eigenvalue weighted by Gasteiger charge is 2.53. The van der Waals surface area contributed by atoms with Crippen molar-refractivity contribution in [1.82, 2.24) is 4.90 Å². The van der Waals surface area contributed by atoms with Crippen molar-refractivity contribution in [2.75, 3.05) is 31.5 Å². The summed E-state index contributed by atoms with van der Waals surface area (Å²) in [6.07, 6.45) is -5.53. The summed E-state index contributed by atoms with van der Waals surface area (Å²) in [5.41, 5.74) is 0. The first-order chi connectivity index (χ1) is 14.1. The molecule has 30 heavy (non-hydrogen) atoms. The highest BCUT2D eigenvalue weighted by Crippen LogP contribution is 2.31. The Morgan fingerprint density at radius 1 is 0.767 bits per heavy atom. The molecule has 0 aromatic heterocycles. The van der Waals surface area contributed by atoms with Crippen LogP contribution in [0.2, 0.25) is 0 Å². The zero-order valence-corrected chi connectivity index (χ0v) is 18.8. The summed E-state index contributed by atoms with van der Waals surface area (Å²) < 4.78 is 27.2. The van der Waals surface area contributed by atoms with Gasteiger partial charge in [0.15, 0.2) is 24.5 Å². The van der Waals surface area contributed by atoms with E-state index in [0.717, 1.165) is 13.8 Å². The van der Waals surface area contributed by atoms with Gasteiger partial charge in [-0.1, -0.05) is 0 Å². The number of hydrogen-bond donors (Lipinski definition) is 0. The number of ether oxygens (including phenoxy) is 5. The van der Waals surface area contributed by atoms with E-state index in [-0.39, 0.29) is 18.4 Å². The molecule has 0 N–H and O–H groups in total. The molecule has 0 aliphatic carbocycles. The zero-order valence-electron chi connectivity index (χ0n) is 17.3. The Balaban J connectivity index is 3.41. The molecule has 1 aliphatic heterocycles. The largest absolute Gasteiger partial charge is 0.463 e. The van der Waals surface area contributed by atoms with Gasteiger partial charge in [-0.3, -0.25) is 24.1 Å². The molecule has 172 valence electrons. The summed E-state index contributed by atoms with van der Waals surface area (Å²) in [5.74, 6) is -2.20. The lowest BCUT2D eigenvalue weighted by molar-refractivity contribution is -0.277. The standard InChI is InChI=1S/C18H27Cl2NO9/c1-10(22)26-9-14-15(27-11(2)23)16(28-12(3)24)17(29-13(4)25)18(30-14)21(7-5-19)8-6-20/h14-18H,5-9H2,1-4H3/t14-,15-,16+,17-,18?/m0/s1. The van der Waals surface area contributed by atoms with Gasteiger partial charge in [0.1, 0.15) is 12.7 Å². The van der Waals surface area contributed by atoms with Gasteiger partial charge in [0.25, 0.3) is 0 Å². The first-order valence-electron chi connectivity index (χ1n) is 9.27. The average molecular weight is 472 g/mol. The molecule has 1 saturated heterocycles. The van der Waals surface area contributed by atoms with E-state index in [2.05, 4.69) is 0 Å². The topological polar surface area (TPSA) is 118 Å². The molecule has 1 rings (SSSR count). The van der Waals surface area contributed by atoms with Gasteiger partial charge in [0.05, 0.1) is 0 Å². The number of halogens is 2. The molecule has 0 amide bonds. The minimum absolute atomic E-state index is 0.212. The molecule has 1 unspecified atom stereocenters. The lowest BCUT2D eigenvalue weighted by Crippen LogP contribution is -2.66. The Bertz CT molecular complexity index is 612. The van der Waals surface area contributed by atoms with Crippen LogP contribution in [0.3, 0.4) is 0 Å². The van der Waals surface area contributed by atoms with Gasteiger partial charge in [-0.15, -0.1) is 23.2 Å². The first-order valence-corrected chi connectivity index (χ1v) is 10.3. The third-order valence-electron chi connectivity index (χ3n) is 4.07. The highest BCUT2D eigenvalue weighted by atomic mass is 35.5. The summed E-state index contributed by atoms with van der Waals surface area (Å²) >= 11 is 11.8. The number of hydrogen-bond acceptors (Lipinski definition) is 10. The van der Waals surface area contributed by atoms with Gasteiger partial charge in [-0.25, -0.2) is 0 Å². The smallest absolute Gasteiger partial charge is 0.303 e. The predicted molar refractivity (Wildman–Crippen MR) is 105 cm³/mol. The molecule has 12 heteroatoms. The predicted octanol–water partition coefficient (Wildman–Crippen LogP) is 0.849. The fraction of sp³-hybridized carbons (Fsp3) is 0.778. The number of rotatable bonds is 10. The van der Waals surface area contributed by atoms with Crippen LogP contribution in [0.25, 0.3) is 0 Å². The van der Waals surface area contributed by atoms with Crippen LogP contribution in [0.4, 0.5) is 0 Å². The fourth-order valence-electron chi connectivity index (χ4n) is 3.08. The third kappa shape index (κ3) is 8.25. The van der Waals surface area contributed by atoms with Crippen molar-refractivity contribution in [1.29, 1.82) is 0 Å². The van der Waals surface area contributed by atoms with Crippen LogP contribution < -0.4 is 0 Å². The molecular formula is C18H27Cl2NO9. The van der Waals surface area contributed by atoms with Crippen LogP contribution in [0.5, 0.6) is 0 Å². The average Bonchev–Trinajstić information content (AvgIpc) is 2.62. The second kappa shape index (κ2) is 12.9. The lowest BCUT2D eigenvalue weighted by Gasteiger charge is -2.47. The summed E-state index contributed by atoms with van der Waals surface area (Å²) in [6.45, 7) is 5.04. The maximum Gasteiger partial charge on any atom is 0.303 e. The first kappa shape index (κ1) is 26.4. The second-order valence-electron chi connectivity index (χ2n) is 6.50. The SMILES string of the molecule is CC(=O)OC[C@@H]1OC(N(CCCl)CCCl)[C@@H](OC(C)=O)[C@H](OC(C)=O)[C@H]1OC(C)=O. The summed E-state index contributed by atoms with van der Waals surface area (Å²) in [4.78, 5) is 48.3. The molecule has 1 heterocycles. The molecule has 0 bridgehead atoms. The van der Waals surface area contributed by atoms with E-state index in [1.165, 1.54) is 13.8 Å². The van der Waals surface area contributed by atoms with Crippen LogP contribution in [0.1, 0.15) is 27.7 Å². The Morgan fingerprint density at radius 2 is 1.23 bits per heavy atom. The van der Waals surface area contributed by atoms with Gasteiger partial charge in [-0.2, -0.15) is 0 Å². The maximum atomic E-state index is 11.8. The second-order valence-corrected chi connectivity index (χ2v) is 7.26. The monoisotopic (exact) mass is 471 g/mol. The molecule has 1 fully saturated rings. The number of carbonyl (C=O) groups excluding carboxylic acids is 4. The van der Waals surface area contributed by atoms with Gasteiger partial charge < -0.3 is 23.7 Å². The van der Waals surface area contributed by atoms with Crippen LogP contribution in [0, 0.1) is 0 Å². The Hall–Kier alpha value is -1.62. The van der Waals surface area contributed by atoms with E-state index >= 15 is 0 Å². The summed E-state index contributed by atoms with van der Waals surface area (Å²) in [5, 5.41) is 0. The van der Waals surface area contributed by atoms with E-state index < -0.39 is 54.5 Å². The van der Waals surface area contributed by atoms with Crippen LogP contribution in [0.15, 0.2) is 0 Å². The quantitative estimate of drug-likeness (QED) is 0.257. The van der Waals surface area contributed by atoms with Gasteiger partial charge in [0, 0.05) is 52.5 Å². The third-order valence-corrected chi connectivity index (χ3v) is 4.41. The van der Waals surface area contributed by atoms with Gasteiger partial charge in [-0.05, 0) is 0 Å². The summed E-state index contributed by atoms with van der Waals surface area (Å²) in [6, 6.07) is 0. The molecular weight excluding hydrogens is 445 g/mol. The Morgan fingerprint density at radius 3 is 1.67 bits per heavy atom.